The zero-order chi connectivity index (χ0) is 19.9. The molecule has 3 rings (SSSR count). The van der Waals surface area contributed by atoms with Gasteiger partial charge in [-0.1, -0.05) is 30.3 Å². The first-order valence-electron chi connectivity index (χ1n) is 9.64. The van der Waals surface area contributed by atoms with Gasteiger partial charge in [0.1, 0.15) is 12.4 Å². The van der Waals surface area contributed by atoms with Crippen molar-refractivity contribution in [1.29, 1.82) is 0 Å². The van der Waals surface area contributed by atoms with Crippen molar-refractivity contribution in [2.75, 3.05) is 18.4 Å². The molecule has 1 aliphatic rings. The van der Waals surface area contributed by atoms with Gasteiger partial charge in [-0.3, -0.25) is 14.5 Å². The molecule has 0 bridgehead atoms. The number of nitrogens with two attached hydrogens (primary N) is 1. The Labute approximate surface area is 165 Å². The number of carbonyl (C=O) groups excluding carboxylic acids is 2. The summed E-state index contributed by atoms with van der Waals surface area (Å²) in [6.07, 6.45) is 1.67. The van der Waals surface area contributed by atoms with Crippen LogP contribution in [0.4, 0.5) is 5.69 Å². The minimum atomic E-state index is -0.323. The second-order valence-electron chi connectivity index (χ2n) is 7.20. The number of primary amides is 1. The molecule has 28 heavy (non-hydrogen) atoms. The first-order chi connectivity index (χ1) is 13.5. The van der Waals surface area contributed by atoms with Crippen molar-refractivity contribution in [3.8, 4) is 5.75 Å². The summed E-state index contributed by atoms with van der Waals surface area (Å²) >= 11 is 0. The zero-order valence-electron chi connectivity index (χ0n) is 16.1. The van der Waals surface area contributed by atoms with Gasteiger partial charge in [-0.05, 0) is 56.1 Å². The molecule has 3 N–H and O–H groups in total. The average Bonchev–Trinajstić information content (AvgIpc) is 2.73. The van der Waals surface area contributed by atoms with Crippen LogP contribution in [-0.4, -0.2) is 35.8 Å². The molecular formula is C22H27N3O3. The predicted molar refractivity (Wildman–Crippen MR) is 109 cm³/mol. The monoisotopic (exact) mass is 381 g/mol. The molecule has 0 unspecified atom stereocenters. The summed E-state index contributed by atoms with van der Waals surface area (Å²) in [5.41, 5.74) is 7.24. The van der Waals surface area contributed by atoms with Crippen molar-refractivity contribution in [3.63, 3.8) is 0 Å². The summed E-state index contributed by atoms with van der Waals surface area (Å²) in [5.74, 6) is 0.187. The van der Waals surface area contributed by atoms with Crippen LogP contribution in [-0.2, 0) is 16.2 Å². The maximum absolute atomic E-state index is 12.6. The molecule has 6 nitrogen and oxygen atoms in total. The fraction of sp³-hybridized carbons (Fsp3) is 0.364. The van der Waals surface area contributed by atoms with Gasteiger partial charge in [0.25, 0.3) is 0 Å². The highest BCUT2D eigenvalue weighted by Gasteiger charge is 2.29. The van der Waals surface area contributed by atoms with Crippen LogP contribution in [0.5, 0.6) is 5.75 Å². The third-order valence-corrected chi connectivity index (χ3v) is 5.15. The number of ether oxygens (including phenoxy) is 1. The first kappa shape index (κ1) is 19.9. The van der Waals surface area contributed by atoms with E-state index in [1.54, 1.807) is 0 Å². The topological polar surface area (TPSA) is 84.7 Å². The third-order valence-electron chi connectivity index (χ3n) is 5.15. The molecule has 2 atom stereocenters. The van der Waals surface area contributed by atoms with E-state index in [4.69, 9.17) is 10.5 Å². The van der Waals surface area contributed by atoms with Crippen LogP contribution < -0.4 is 15.8 Å². The molecule has 6 heteroatoms. The highest BCUT2D eigenvalue weighted by Crippen LogP contribution is 2.20. The van der Waals surface area contributed by atoms with Crippen molar-refractivity contribution in [3.05, 3.63) is 60.2 Å². The third kappa shape index (κ3) is 5.33. The lowest BCUT2D eigenvalue weighted by molar-refractivity contribution is -0.127. The Hall–Kier alpha value is -2.86. The molecule has 2 aromatic rings. The van der Waals surface area contributed by atoms with Crippen molar-refractivity contribution < 1.29 is 14.3 Å². The van der Waals surface area contributed by atoms with E-state index < -0.39 is 0 Å². The Morgan fingerprint density at radius 3 is 2.57 bits per heavy atom. The molecule has 2 amide bonds. The highest BCUT2D eigenvalue weighted by atomic mass is 16.5. The lowest BCUT2D eigenvalue weighted by Gasteiger charge is -2.34. The van der Waals surface area contributed by atoms with E-state index in [9.17, 15) is 9.59 Å². The second-order valence-corrected chi connectivity index (χ2v) is 7.20. The Morgan fingerprint density at radius 2 is 1.89 bits per heavy atom. The molecular weight excluding hydrogens is 354 g/mol. The Balaban J connectivity index is 1.51. The van der Waals surface area contributed by atoms with E-state index in [1.165, 1.54) is 0 Å². The van der Waals surface area contributed by atoms with Crippen molar-refractivity contribution >= 4 is 17.5 Å². The molecule has 1 aliphatic heterocycles. The molecule has 148 valence electrons. The van der Waals surface area contributed by atoms with E-state index >= 15 is 0 Å². The average molecular weight is 381 g/mol. The van der Waals surface area contributed by atoms with Gasteiger partial charge in [0, 0.05) is 12.2 Å². The normalized spacial score (nSPS) is 18.2. The summed E-state index contributed by atoms with van der Waals surface area (Å²) < 4.78 is 5.76. The summed E-state index contributed by atoms with van der Waals surface area (Å²) in [6.45, 7) is 3.69. The molecule has 0 radical (unpaired) electrons. The lowest BCUT2D eigenvalue weighted by Crippen LogP contribution is -2.49. The zero-order valence-corrected chi connectivity index (χ0v) is 16.1. The van der Waals surface area contributed by atoms with Gasteiger partial charge in [-0.25, -0.2) is 0 Å². The molecule has 0 aromatic heterocycles. The van der Waals surface area contributed by atoms with Crippen molar-refractivity contribution in [2.24, 2.45) is 11.7 Å². The standard InChI is InChI=1S/C22H27N3O3/c1-16(25-13-5-8-18(14-25)21(23)26)22(27)24-19-9-11-20(12-10-19)28-15-17-6-3-2-4-7-17/h2-4,6-7,9-12,16,18H,5,8,13-15H2,1H3,(H2,23,26)(H,24,27)/t16-,18+/m1/s1. The van der Waals surface area contributed by atoms with Gasteiger partial charge in [0.05, 0.1) is 12.0 Å². The van der Waals surface area contributed by atoms with Crippen LogP contribution >= 0.6 is 0 Å². The van der Waals surface area contributed by atoms with Gasteiger partial charge in [-0.2, -0.15) is 0 Å². The maximum Gasteiger partial charge on any atom is 0.241 e. The molecule has 0 aliphatic carbocycles. The van der Waals surface area contributed by atoms with Gasteiger partial charge in [-0.15, -0.1) is 0 Å². The molecule has 0 spiro atoms. The number of piperidine rings is 1. The van der Waals surface area contributed by atoms with E-state index in [1.807, 2.05) is 66.4 Å². The number of amides is 2. The van der Waals surface area contributed by atoms with Crippen molar-refractivity contribution in [1.82, 2.24) is 4.90 Å². The Morgan fingerprint density at radius 1 is 1.18 bits per heavy atom. The minimum Gasteiger partial charge on any atom is -0.489 e. The molecule has 0 saturated carbocycles. The number of nitrogens with one attached hydrogen (secondary N) is 1. The second kappa shape index (κ2) is 9.37. The summed E-state index contributed by atoms with van der Waals surface area (Å²) in [5, 5.41) is 2.93. The van der Waals surface area contributed by atoms with Gasteiger partial charge >= 0.3 is 0 Å². The summed E-state index contributed by atoms with van der Waals surface area (Å²) in [6, 6.07) is 17.0. The van der Waals surface area contributed by atoms with Gasteiger partial charge < -0.3 is 15.8 Å². The van der Waals surface area contributed by atoms with Crippen LogP contribution in [0.25, 0.3) is 0 Å². The number of benzene rings is 2. The fourth-order valence-corrected chi connectivity index (χ4v) is 3.38. The number of carbonyl (C=O) groups is 2. The Bertz CT molecular complexity index is 792. The van der Waals surface area contributed by atoms with Crippen LogP contribution in [0.1, 0.15) is 25.3 Å². The van der Waals surface area contributed by atoms with Crippen LogP contribution in [0.3, 0.4) is 0 Å². The number of likely N-dealkylation sites (tertiary alicyclic amines) is 1. The summed E-state index contributed by atoms with van der Waals surface area (Å²) in [7, 11) is 0. The van der Waals surface area contributed by atoms with E-state index in [2.05, 4.69) is 5.32 Å². The number of anilines is 1. The lowest BCUT2D eigenvalue weighted by atomic mass is 9.96. The van der Waals surface area contributed by atoms with E-state index in [0.717, 1.165) is 30.7 Å². The Kier molecular flexibility index (Phi) is 6.66. The molecule has 2 aromatic carbocycles. The summed E-state index contributed by atoms with van der Waals surface area (Å²) in [4.78, 5) is 26.0. The minimum absolute atomic E-state index is 0.0944. The van der Waals surface area contributed by atoms with Crippen LogP contribution in [0.15, 0.2) is 54.6 Å². The van der Waals surface area contributed by atoms with Gasteiger partial charge in [0.15, 0.2) is 0 Å². The number of hydrogen-bond acceptors (Lipinski definition) is 4. The number of rotatable bonds is 7. The first-order valence-corrected chi connectivity index (χ1v) is 9.64. The SMILES string of the molecule is C[C@H](C(=O)Nc1ccc(OCc2ccccc2)cc1)N1CCC[C@H](C(N)=O)C1. The predicted octanol–water partition coefficient (Wildman–Crippen LogP) is 2.79. The quantitative estimate of drug-likeness (QED) is 0.772. The molecule has 1 heterocycles. The maximum atomic E-state index is 12.6. The van der Waals surface area contributed by atoms with Crippen LogP contribution in [0.2, 0.25) is 0 Å². The number of nitrogens with zero attached hydrogens (tertiary/aromatic N) is 1. The largest absolute Gasteiger partial charge is 0.489 e. The van der Waals surface area contributed by atoms with Crippen molar-refractivity contribution in [2.45, 2.75) is 32.4 Å². The molecule has 1 saturated heterocycles. The van der Waals surface area contributed by atoms with Crippen LogP contribution in [0, 0.1) is 5.92 Å². The fourth-order valence-electron chi connectivity index (χ4n) is 3.38. The highest BCUT2D eigenvalue weighted by molar-refractivity contribution is 5.94. The smallest absolute Gasteiger partial charge is 0.241 e. The number of hydrogen-bond donors (Lipinski definition) is 2. The van der Waals surface area contributed by atoms with E-state index in [-0.39, 0.29) is 23.8 Å². The van der Waals surface area contributed by atoms with E-state index in [0.29, 0.717) is 18.8 Å². The van der Waals surface area contributed by atoms with Gasteiger partial charge in [0.2, 0.25) is 11.8 Å². The molecule has 1 fully saturated rings.